The van der Waals surface area contributed by atoms with E-state index in [1.807, 2.05) is 53.1 Å². The highest BCUT2D eigenvalue weighted by Crippen LogP contribution is 2.26. The zero-order valence-electron chi connectivity index (χ0n) is 9.68. The molecule has 0 spiro atoms. The van der Waals surface area contributed by atoms with Crippen molar-refractivity contribution in [3.05, 3.63) is 55.3 Å². The van der Waals surface area contributed by atoms with Crippen LogP contribution in [0.3, 0.4) is 0 Å². The van der Waals surface area contributed by atoms with Gasteiger partial charge in [-0.3, -0.25) is 4.79 Å². The largest absolute Gasteiger partial charge is 0.506 e. The van der Waals surface area contributed by atoms with Crippen LogP contribution in [0.4, 0.5) is 0 Å². The first kappa shape index (κ1) is 13.3. The molecular formula is C14H11IO2S. The molecule has 2 nitrogen and oxygen atoms in total. The Kier molecular flexibility index (Phi) is 4.19. The smallest absolute Gasteiger partial charge is 0.189 e. The van der Waals surface area contributed by atoms with Crippen molar-refractivity contribution in [2.45, 2.75) is 6.92 Å². The van der Waals surface area contributed by atoms with Crippen LogP contribution in [0.1, 0.15) is 20.8 Å². The summed E-state index contributed by atoms with van der Waals surface area (Å²) in [4.78, 5) is 13.0. The van der Waals surface area contributed by atoms with E-state index in [4.69, 9.17) is 0 Å². The van der Waals surface area contributed by atoms with Crippen LogP contribution in [0.5, 0.6) is 5.75 Å². The maximum atomic E-state index is 12.0. The fourth-order valence-electron chi connectivity index (χ4n) is 1.56. The number of ketones is 1. The number of hydrogen-bond donors (Lipinski definition) is 1. The Morgan fingerprint density at radius 3 is 2.89 bits per heavy atom. The number of rotatable bonds is 3. The molecule has 0 unspecified atom stereocenters. The quantitative estimate of drug-likeness (QED) is 0.498. The van der Waals surface area contributed by atoms with Crippen LogP contribution < -0.4 is 0 Å². The third-order valence-electron chi connectivity index (χ3n) is 2.42. The van der Waals surface area contributed by atoms with Crippen molar-refractivity contribution in [2.75, 3.05) is 0 Å². The van der Waals surface area contributed by atoms with Gasteiger partial charge in [0.25, 0.3) is 0 Å². The molecule has 0 fully saturated rings. The normalized spacial score (nSPS) is 11.0. The van der Waals surface area contributed by atoms with Crippen molar-refractivity contribution >= 4 is 45.8 Å². The van der Waals surface area contributed by atoms with Gasteiger partial charge in [0.15, 0.2) is 5.78 Å². The summed E-state index contributed by atoms with van der Waals surface area (Å²) in [6.45, 7) is 1.90. The molecule has 18 heavy (non-hydrogen) atoms. The van der Waals surface area contributed by atoms with Crippen LogP contribution in [0.2, 0.25) is 0 Å². The molecule has 1 aromatic carbocycles. The van der Waals surface area contributed by atoms with Crippen LogP contribution in [-0.2, 0) is 0 Å². The summed E-state index contributed by atoms with van der Waals surface area (Å²) < 4.78 is 0.695. The Morgan fingerprint density at radius 1 is 1.44 bits per heavy atom. The zero-order chi connectivity index (χ0) is 13.1. The highest BCUT2D eigenvalue weighted by molar-refractivity contribution is 14.1. The standard InChI is InChI=1S/C14H11IO2S/c1-9-7-11(14(17)12(15)8-9)13(16)5-4-10-3-2-6-18-10/h2-8,17H,1H3/b5-4+. The van der Waals surface area contributed by atoms with Crippen molar-refractivity contribution in [2.24, 2.45) is 0 Å². The first-order valence-electron chi connectivity index (χ1n) is 5.33. The Bertz CT molecular complexity index is 601. The fraction of sp³-hybridized carbons (Fsp3) is 0.0714. The molecule has 0 bridgehead atoms. The van der Waals surface area contributed by atoms with Gasteiger partial charge in [0.2, 0.25) is 0 Å². The lowest BCUT2D eigenvalue weighted by Crippen LogP contribution is -1.97. The third kappa shape index (κ3) is 3.00. The maximum absolute atomic E-state index is 12.0. The van der Waals surface area contributed by atoms with E-state index in [1.165, 1.54) is 6.08 Å². The lowest BCUT2D eigenvalue weighted by molar-refractivity contribution is 0.104. The number of halogens is 1. The molecule has 2 rings (SSSR count). The number of phenolic OH excluding ortho intramolecular Hbond substituents is 1. The van der Waals surface area contributed by atoms with Crippen molar-refractivity contribution in [3.8, 4) is 5.75 Å². The summed E-state index contributed by atoms with van der Waals surface area (Å²) in [6, 6.07) is 7.42. The summed E-state index contributed by atoms with van der Waals surface area (Å²) in [5.74, 6) is -0.121. The summed E-state index contributed by atoms with van der Waals surface area (Å²) in [5, 5.41) is 11.8. The van der Waals surface area contributed by atoms with E-state index < -0.39 is 0 Å². The number of hydrogen-bond acceptors (Lipinski definition) is 3. The Hall–Kier alpha value is -1.14. The number of benzene rings is 1. The van der Waals surface area contributed by atoms with E-state index in [9.17, 15) is 9.90 Å². The minimum Gasteiger partial charge on any atom is -0.506 e. The monoisotopic (exact) mass is 370 g/mol. The number of phenols is 1. The van der Waals surface area contributed by atoms with Gasteiger partial charge in [-0.2, -0.15) is 0 Å². The van der Waals surface area contributed by atoms with Crippen LogP contribution in [0.15, 0.2) is 35.7 Å². The van der Waals surface area contributed by atoms with Crippen LogP contribution in [0.25, 0.3) is 6.08 Å². The van der Waals surface area contributed by atoms with Crippen LogP contribution in [-0.4, -0.2) is 10.9 Å². The van der Waals surface area contributed by atoms with Gasteiger partial charge in [-0.25, -0.2) is 0 Å². The second-order valence-electron chi connectivity index (χ2n) is 3.86. The summed E-state index contributed by atoms with van der Waals surface area (Å²) >= 11 is 3.59. The average Bonchev–Trinajstić information content (AvgIpc) is 2.83. The van der Waals surface area contributed by atoms with E-state index in [0.717, 1.165) is 10.4 Å². The lowest BCUT2D eigenvalue weighted by Gasteiger charge is -2.04. The van der Waals surface area contributed by atoms with Crippen LogP contribution >= 0.6 is 33.9 Å². The molecule has 4 heteroatoms. The first-order valence-corrected chi connectivity index (χ1v) is 7.29. The summed E-state index contributed by atoms with van der Waals surface area (Å²) in [6.07, 6.45) is 3.26. The van der Waals surface area contributed by atoms with Gasteiger partial charge in [-0.15, -0.1) is 11.3 Å². The molecule has 2 aromatic rings. The number of thiophene rings is 1. The van der Waals surface area contributed by atoms with Gasteiger partial charge >= 0.3 is 0 Å². The molecule has 0 saturated carbocycles. The molecule has 0 aliphatic rings. The highest BCUT2D eigenvalue weighted by atomic mass is 127. The Balaban J connectivity index is 2.29. The van der Waals surface area contributed by atoms with Gasteiger partial charge < -0.3 is 5.11 Å². The Labute approximate surface area is 123 Å². The first-order chi connectivity index (χ1) is 8.58. The predicted molar refractivity (Wildman–Crippen MR) is 83.2 cm³/mol. The molecule has 0 aliphatic heterocycles. The number of aryl methyl sites for hydroxylation is 1. The number of aromatic hydroxyl groups is 1. The number of allylic oxidation sites excluding steroid dienone is 1. The van der Waals surface area contributed by atoms with E-state index in [0.29, 0.717) is 9.13 Å². The van der Waals surface area contributed by atoms with Crippen molar-refractivity contribution in [1.82, 2.24) is 0 Å². The molecule has 0 saturated heterocycles. The fourth-order valence-corrected chi connectivity index (χ4v) is 2.96. The topological polar surface area (TPSA) is 37.3 Å². The Morgan fingerprint density at radius 2 is 2.22 bits per heavy atom. The van der Waals surface area contributed by atoms with Crippen molar-refractivity contribution in [1.29, 1.82) is 0 Å². The van der Waals surface area contributed by atoms with Gasteiger partial charge in [0, 0.05) is 4.88 Å². The van der Waals surface area contributed by atoms with E-state index in [2.05, 4.69) is 0 Å². The van der Waals surface area contributed by atoms with Gasteiger partial charge in [-0.05, 0) is 70.8 Å². The van der Waals surface area contributed by atoms with Crippen molar-refractivity contribution in [3.63, 3.8) is 0 Å². The van der Waals surface area contributed by atoms with Gasteiger partial charge in [-0.1, -0.05) is 6.07 Å². The van der Waals surface area contributed by atoms with E-state index >= 15 is 0 Å². The SMILES string of the molecule is Cc1cc(I)c(O)c(C(=O)/C=C/c2cccs2)c1. The van der Waals surface area contributed by atoms with E-state index in [1.54, 1.807) is 23.5 Å². The highest BCUT2D eigenvalue weighted by Gasteiger charge is 2.12. The molecule has 0 aliphatic carbocycles. The molecule has 1 aromatic heterocycles. The molecule has 0 atom stereocenters. The lowest BCUT2D eigenvalue weighted by atomic mass is 10.1. The maximum Gasteiger partial charge on any atom is 0.189 e. The van der Waals surface area contributed by atoms with Crippen molar-refractivity contribution < 1.29 is 9.90 Å². The van der Waals surface area contributed by atoms with Gasteiger partial charge in [0.05, 0.1) is 9.13 Å². The molecular weight excluding hydrogens is 359 g/mol. The van der Waals surface area contributed by atoms with Crippen LogP contribution in [0, 0.1) is 10.5 Å². The van der Waals surface area contributed by atoms with Gasteiger partial charge in [0.1, 0.15) is 5.75 Å². The second kappa shape index (κ2) is 5.67. The number of carbonyl (C=O) groups excluding carboxylic acids is 1. The minimum absolute atomic E-state index is 0.0574. The molecule has 1 heterocycles. The predicted octanol–water partition coefficient (Wildman–Crippen LogP) is 4.26. The number of carbonyl (C=O) groups is 1. The molecule has 0 radical (unpaired) electrons. The second-order valence-corrected chi connectivity index (χ2v) is 6.00. The minimum atomic E-state index is -0.178. The third-order valence-corrected chi connectivity index (χ3v) is 4.08. The summed E-state index contributed by atoms with van der Waals surface area (Å²) in [7, 11) is 0. The summed E-state index contributed by atoms with van der Waals surface area (Å²) in [5.41, 5.74) is 1.32. The zero-order valence-corrected chi connectivity index (χ0v) is 12.7. The van der Waals surface area contributed by atoms with E-state index in [-0.39, 0.29) is 11.5 Å². The molecule has 1 N–H and O–H groups in total. The molecule has 92 valence electrons. The average molecular weight is 370 g/mol. The molecule has 0 amide bonds.